The van der Waals surface area contributed by atoms with Gasteiger partial charge in [-0.2, -0.15) is 0 Å². The van der Waals surface area contributed by atoms with E-state index in [-0.39, 0.29) is 33.6 Å². The first-order valence-corrected chi connectivity index (χ1v) is 6.79. The van der Waals surface area contributed by atoms with E-state index in [2.05, 4.69) is 5.32 Å². The summed E-state index contributed by atoms with van der Waals surface area (Å²) in [5.74, 6) is -1.42. The van der Waals surface area contributed by atoms with Crippen molar-refractivity contribution in [2.24, 2.45) is 0 Å². The van der Waals surface area contributed by atoms with Gasteiger partial charge in [0.15, 0.2) is 0 Å². The van der Waals surface area contributed by atoms with Crippen LogP contribution in [0.2, 0.25) is 10.0 Å². The van der Waals surface area contributed by atoms with E-state index < -0.39 is 5.97 Å². The maximum atomic E-state index is 12.0. The first kappa shape index (κ1) is 15.4. The zero-order chi connectivity index (χ0) is 15.4. The third-order valence-corrected chi connectivity index (χ3v) is 3.36. The number of carboxylic acids is 1. The van der Waals surface area contributed by atoms with E-state index in [4.69, 9.17) is 28.3 Å². The number of carboxylic acid groups (broad SMARTS) is 1. The maximum absolute atomic E-state index is 12.0. The third-order valence-electron chi connectivity index (χ3n) is 2.76. The molecule has 0 spiro atoms. The van der Waals surface area contributed by atoms with Gasteiger partial charge >= 0.3 is 5.97 Å². The molecule has 2 N–H and O–H groups in total. The van der Waals surface area contributed by atoms with Gasteiger partial charge in [0, 0.05) is 0 Å². The number of carbonyl (C=O) groups is 2. The lowest BCUT2D eigenvalue weighted by Gasteiger charge is -2.10. The molecule has 1 amide bonds. The third kappa shape index (κ3) is 3.97. The highest BCUT2D eigenvalue weighted by Gasteiger charge is 2.14. The van der Waals surface area contributed by atoms with Crippen LogP contribution in [-0.2, 0) is 11.2 Å². The van der Waals surface area contributed by atoms with Gasteiger partial charge in [0.25, 0.3) is 0 Å². The highest BCUT2D eigenvalue weighted by molar-refractivity contribution is 6.40. The van der Waals surface area contributed by atoms with Crippen molar-refractivity contribution >= 4 is 40.8 Å². The van der Waals surface area contributed by atoms with Gasteiger partial charge in [-0.15, -0.1) is 0 Å². The summed E-state index contributed by atoms with van der Waals surface area (Å²) in [7, 11) is 0. The normalized spacial score (nSPS) is 10.2. The van der Waals surface area contributed by atoms with E-state index >= 15 is 0 Å². The molecule has 21 heavy (non-hydrogen) atoms. The summed E-state index contributed by atoms with van der Waals surface area (Å²) >= 11 is 11.9. The van der Waals surface area contributed by atoms with Crippen molar-refractivity contribution in [1.29, 1.82) is 0 Å². The molecule has 0 atom stereocenters. The quantitative estimate of drug-likeness (QED) is 0.897. The van der Waals surface area contributed by atoms with E-state index in [0.717, 1.165) is 5.56 Å². The molecule has 0 heterocycles. The zero-order valence-corrected chi connectivity index (χ0v) is 12.3. The molecule has 0 bridgehead atoms. The number of amides is 1. The van der Waals surface area contributed by atoms with Crippen LogP contribution < -0.4 is 5.32 Å². The average molecular weight is 324 g/mol. The molecular formula is C15H11Cl2NO3. The number of nitrogens with one attached hydrogen (secondary N) is 1. The van der Waals surface area contributed by atoms with Gasteiger partial charge in [-0.05, 0) is 17.7 Å². The highest BCUT2D eigenvalue weighted by atomic mass is 35.5. The van der Waals surface area contributed by atoms with Gasteiger partial charge in [0.05, 0.1) is 27.7 Å². The molecule has 0 aromatic heterocycles. The molecule has 0 aliphatic rings. The minimum Gasteiger partial charge on any atom is -0.478 e. The van der Waals surface area contributed by atoms with Crippen molar-refractivity contribution < 1.29 is 14.7 Å². The van der Waals surface area contributed by atoms with Gasteiger partial charge < -0.3 is 10.4 Å². The SMILES string of the molecule is O=C(Cc1ccccc1)Nc1c(Cl)cc(C(=O)O)cc1Cl. The minimum atomic E-state index is -1.14. The van der Waals surface area contributed by atoms with Crippen LogP contribution in [0, 0.1) is 0 Å². The summed E-state index contributed by atoms with van der Waals surface area (Å²) in [6, 6.07) is 11.7. The van der Waals surface area contributed by atoms with E-state index in [1.807, 2.05) is 30.3 Å². The first-order chi connectivity index (χ1) is 9.97. The monoisotopic (exact) mass is 323 g/mol. The summed E-state index contributed by atoms with van der Waals surface area (Å²) in [5, 5.41) is 11.7. The molecule has 0 saturated carbocycles. The summed E-state index contributed by atoms with van der Waals surface area (Å²) in [5.41, 5.74) is 1.03. The Morgan fingerprint density at radius 3 is 2.14 bits per heavy atom. The Balaban J connectivity index is 2.16. The number of carbonyl (C=O) groups excluding carboxylic acids is 1. The number of anilines is 1. The van der Waals surface area contributed by atoms with Gasteiger partial charge in [0.1, 0.15) is 0 Å². The van der Waals surface area contributed by atoms with Gasteiger partial charge in [0.2, 0.25) is 5.91 Å². The molecule has 0 radical (unpaired) electrons. The van der Waals surface area contributed by atoms with Gasteiger partial charge in [-0.25, -0.2) is 4.79 Å². The second-order valence-electron chi connectivity index (χ2n) is 4.33. The predicted octanol–water partition coefficient (Wildman–Crippen LogP) is 3.87. The number of hydrogen-bond donors (Lipinski definition) is 2. The van der Waals surface area contributed by atoms with Crippen LogP contribution in [0.1, 0.15) is 15.9 Å². The van der Waals surface area contributed by atoms with Crippen LogP contribution in [0.5, 0.6) is 0 Å². The summed E-state index contributed by atoms with van der Waals surface area (Å²) in [4.78, 5) is 22.8. The molecule has 6 heteroatoms. The second kappa shape index (κ2) is 6.61. The van der Waals surface area contributed by atoms with E-state index in [1.165, 1.54) is 12.1 Å². The lowest BCUT2D eigenvalue weighted by molar-refractivity contribution is -0.115. The molecule has 0 fully saturated rings. The lowest BCUT2D eigenvalue weighted by Crippen LogP contribution is -2.15. The molecule has 2 aromatic carbocycles. The Hall–Kier alpha value is -2.04. The predicted molar refractivity (Wildman–Crippen MR) is 82.2 cm³/mol. The molecule has 108 valence electrons. The van der Waals surface area contributed by atoms with Crippen LogP contribution in [0.15, 0.2) is 42.5 Å². The fourth-order valence-corrected chi connectivity index (χ4v) is 2.36. The molecule has 0 aliphatic heterocycles. The summed E-state index contributed by atoms with van der Waals surface area (Å²) < 4.78 is 0. The Bertz CT molecular complexity index is 664. The van der Waals surface area contributed by atoms with E-state index in [9.17, 15) is 9.59 Å². The van der Waals surface area contributed by atoms with Crippen molar-refractivity contribution in [1.82, 2.24) is 0 Å². The van der Waals surface area contributed by atoms with Crippen LogP contribution in [0.4, 0.5) is 5.69 Å². The largest absolute Gasteiger partial charge is 0.478 e. The molecule has 2 rings (SSSR count). The fourth-order valence-electron chi connectivity index (χ4n) is 1.78. The first-order valence-electron chi connectivity index (χ1n) is 6.03. The van der Waals surface area contributed by atoms with Crippen LogP contribution in [-0.4, -0.2) is 17.0 Å². The van der Waals surface area contributed by atoms with Crippen molar-refractivity contribution in [3.05, 3.63) is 63.6 Å². The molecular weight excluding hydrogens is 313 g/mol. The molecule has 2 aromatic rings. The van der Waals surface area contributed by atoms with Gasteiger partial charge in [-0.1, -0.05) is 53.5 Å². The van der Waals surface area contributed by atoms with Crippen molar-refractivity contribution in [3.63, 3.8) is 0 Å². The van der Waals surface area contributed by atoms with Crippen LogP contribution in [0.3, 0.4) is 0 Å². The van der Waals surface area contributed by atoms with Crippen molar-refractivity contribution in [3.8, 4) is 0 Å². The number of benzene rings is 2. The Labute approximate surface area is 131 Å². The van der Waals surface area contributed by atoms with Crippen molar-refractivity contribution in [2.75, 3.05) is 5.32 Å². The topological polar surface area (TPSA) is 66.4 Å². The maximum Gasteiger partial charge on any atom is 0.335 e. The lowest BCUT2D eigenvalue weighted by atomic mass is 10.1. The van der Waals surface area contributed by atoms with E-state index in [0.29, 0.717) is 0 Å². The van der Waals surface area contributed by atoms with Crippen LogP contribution >= 0.6 is 23.2 Å². The smallest absolute Gasteiger partial charge is 0.335 e. The molecule has 0 aliphatic carbocycles. The number of aromatic carboxylic acids is 1. The number of hydrogen-bond acceptors (Lipinski definition) is 2. The second-order valence-corrected chi connectivity index (χ2v) is 5.14. The zero-order valence-electron chi connectivity index (χ0n) is 10.8. The minimum absolute atomic E-state index is 0.0361. The Morgan fingerprint density at radius 2 is 1.62 bits per heavy atom. The number of halogens is 2. The average Bonchev–Trinajstić information content (AvgIpc) is 2.43. The van der Waals surface area contributed by atoms with Crippen molar-refractivity contribution in [2.45, 2.75) is 6.42 Å². The summed E-state index contributed by atoms with van der Waals surface area (Å²) in [6.07, 6.45) is 0.175. The van der Waals surface area contributed by atoms with Gasteiger partial charge in [-0.3, -0.25) is 4.79 Å². The van der Waals surface area contributed by atoms with Crippen LogP contribution in [0.25, 0.3) is 0 Å². The Morgan fingerprint density at radius 1 is 1.05 bits per heavy atom. The van der Waals surface area contributed by atoms with E-state index in [1.54, 1.807) is 0 Å². The molecule has 0 saturated heterocycles. The molecule has 0 unspecified atom stereocenters. The molecule has 4 nitrogen and oxygen atoms in total. The highest BCUT2D eigenvalue weighted by Crippen LogP contribution is 2.32. The number of rotatable bonds is 4. The Kier molecular flexibility index (Phi) is 4.83. The standard InChI is InChI=1S/C15H11Cl2NO3/c16-11-7-10(15(20)21)8-12(17)14(11)18-13(19)6-9-4-2-1-3-5-9/h1-5,7-8H,6H2,(H,18,19)(H,20,21). The fraction of sp³-hybridized carbons (Fsp3) is 0.0667. The summed E-state index contributed by atoms with van der Waals surface area (Å²) in [6.45, 7) is 0.